The number of amides is 1. The summed E-state index contributed by atoms with van der Waals surface area (Å²) in [6.45, 7) is 3.80. The topological polar surface area (TPSA) is 46.3 Å². The fourth-order valence-electron chi connectivity index (χ4n) is 2.51. The summed E-state index contributed by atoms with van der Waals surface area (Å²) >= 11 is 1.69. The maximum atomic E-state index is 12.1. The lowest BCUT2D eigenvalue weighted by atomic mass is 9.92. The van der Waals surface area contributed by atoms with E-state index in [4.69, 9.17) is 5.73 Å². The van der Waals surface area contributed by atoms with Crippen LogP contribution in [0.15, 0.2) is 16.8 Å². The van der Waals surface area contributed by atoms with Crippen molar-refractivity contribution in [2.24, 2.45) is 11.7 Å². The Bertz CT molecular complexity index is 375. The van der Waals surface area contributed by atoms with Crippen LogP contribution in [0.4, 0.5) is 0 Å². The van der Waals surface area contributed by atoms with Crippen LogP contribution in [0.3, 0.4) is 0 Å². The first-order chi connectivity index (χ1) is 8.66. The normalized spacial score (nSPS) is 21.9. The standard InChI is InChI=1S/C14H22N2OS/c1-11(15)13-3-2-7-16(9-13)14(17)5-4-12-6-8-18-10-12/h6,8,10-11,13H,2-5,7,9,15H2,1H3. The second-order valence-electron chi connectivity index (χ2n) is 5.23. The molecule has 2 atom stereocenters. The minimum absolute atomic E-state index is 0.192. The van der Waals surface area contributed by atoms with Crippen molar-refractivity contribution in [3.05, 3.63) is 22.4 Å². The van der Waals surface area contributed by atoms with Crippen molar-refractivity contribution in [1.82, 2.24) is 4.90 Å². The van der Waals surface area contributed by atoms with E-state index in [1.54, 1.807) is 11.3 Å². The van der Waals surface area contributed by atoms with E-state index in [0.29, 0.717) is 12.3 Å². The summed E-state index contributed by atoms with van der Waals surface area (Å²) in [6, 6.07) is 2.29. The molecule has 1 aromatic rings. The van der Waals surface area contributed by atoms with Crippen LogP contribution in [0.5, 0.6) is 0 Å². The molecule has 0 bridgehead atoms. The van der Waals surface area contributed by atoms with E-state index in [1.165, 1.54) is 5.56 Å². The van der Waals surface area contributed by atoms with E-state index in [-0.39, 0.29) is 11.9 Å². The monoisotopic (exact) mass is 266 g/mol. The molecule has 0 aliphatic carbocycles. The van der Waals surface area contributed by atoms with E-state index in [9.17, 15) is 4.79 Å². The molecule has 2 rings (SSSR count). The van der Waals surface area contributed by atoms with Gasteiger partial charge < -0.3 is 10.6 Å². The maximum Gasteiger partial charge on any atom is 0.222 e. The Morgan fingerprint density at radius 3 is 3.17 bits per heavy atom. The molecular formula is C14H22N2OS. The number of nitrogens with two attached hydrogens (primary N) is 1. The number of hydrogen-bond acceptors (Lipinski definition) is 3. The van der Waals surface area contributed by atoms with Gasteiger partial charge in [-0.3, -0.25) is 4.79 Å². The Labute approximate surface area is 113 Å². The van der Waals surface area contributed by atoms with Crippen LogP contribution in [0, 0.1) is 5.92 Å². The minimum atomic E-state index is 0.192. The summed E-state index contributed by atoms with van der Waals surface area (Å²) in [5, 5.41) is 4.18. The largest absolute Gasteiger partial charge is 0.342 e. The molecule has 2 heterocycles. The van der Waals surface area contributed by atoms with Gasteiger partial charge in [0.1, 0.15) is 0 Å². The van der Waals surface area contributed by atoms with Crippen LogP contribution in [0.1, 0.15) is 31.7 Å². The molecule has 1 aliphatic rings. The van der Waals surface area contributed by atoms with E-state index in [0.717, 1.165) is 32.4 Å². The van der Waals surface area contributed by atoms with Gasteiger partial charge in [0.25, 0.3) is 0 Å². The Hall–Kier alpha value is -0.870. The van der Waals surface area contributed by atoms with Gasteiger partial charge >= 0.3 is 0 Å². The van der Waals surface area contributed by atoms with Gasteiger partial charge in [0.05, 0.1) is 0 Å². The fraction of sp³-hybridized carbons (Fsp3) is 0.643. The third-order valence-corrected chi connectivity index (χ3v) is 4.49. The molecule has 18 heavy (non-hydrogen) atoms. The molecule has 4 heteroatoms. The molecule has 1 aliphatic heterocycles. The van der Waals surface area contributed by atoms with Crippen molar-refractivity contribution in [3.8, 4) is 0 Å². The average molecular weight is 266 g/mol. The van der Waals surface area contributed by atoms with Crippen LogP contribution in [-0.4, -0.2) is 29.9 Å². The first-order valence-corrected chi connectivity index (χ1v) is 7.65. The second kappa shape index (κ2) is 6.34. The van der Waals surface area contributed by atoms with Gasteiger partial charge in [0.2, 0.25) is 5.91 Å². The van der Waals surface area contributed by atoms with Crippen LogP contribution in [-0.2, 0) is 11.2 Å². The third kappa shape index (κ3) is 3.56. The van der Waals surface area contributed by atoms with Gasteiger partial charge in [0, 0.05) is 25.6 Å². The average Bonchev–Trinajstić information content (AvgIpc) is 2.89. The maximum absolute atomic E-state index is 12.1. The first-order valence-electron chi connectivity index (χ1n) is 6.71. The highest BCUT2D eigenvalue weighted by molar-refractivity contribution is 7.07. The molecule has 1 fully saturated rings. The van der Waals surface area contributed by atoms with E-state index >= 15 is 0 Å². The molecule has 0 aromatic carbocycles. The molecule has 0 saturated carbocycles. The van der Waals surface area contributed by atoms with Crippen molar-refractivity contribution >= 4 is 17.2 Å². The predicted octanol–water partition coefficient (Wildman–Crippen LogP) is 2.27. The van der Waals surface area contributed by atoms with E-state index < -0.39 is 0 Å². The lowest BCUT2D eigenvalue weighted by Crippen LogP contribution is -2.45. The van der Waals surface area contributed by atoms with Crippen LogP contribution < -0.4 is 5.73 Å². The molecule has 1 saturated heterocycles. The summed E-state index contributed by atoms with van der Waals surface area (Å²) in [5.74, 6) is 0.760. The third-order valence-electron chi connectivity index (χ3n) is 3.76. The van der Waals surface area contributed by atoms with Crippen molar-refractivity contribution in [1.29, 1.82) is 0 Å². The predicted molar refractivity (Wildman–Crippen MR) is 75.6 cm³/mol. The Balaban J connectivity index is 1.81. The molecule has 0 spiro atoms. The van der Waals surface area contributed by atoms with Crippen molar-refractivity contribution < 1.29 is 4.79 Å². The molecular weight excluding hydrogens is 244 g/mol. The molecule has 1 amide bonds. The number of likely N-dealkylation sites (tertiary alicyclic amines) is 1. The molecule has 1 aromatic heterocycles. The summed E-state index contributed by atoms with van der Waals surface area (Å²) in [4.78, 5) is 14.2. The minimum Gasteiger partial charge on any atom is -0.342 e. The number of piperidine rings is 1. The van der Waals surface area contributed by atoms with Crippen LogP contribution in [0.25, 0.3) is 0 Å². The number of carbonyl (C=O) groups is 1. The molecule has 0 radical (unpaired) electrons. The highest BCUT2D eigenvalue weighted by atomic mass is 32.1. The summed E-state index contributed by atoms with van der Waals surface area (Å²) in [7, 11) is 0. The Kier molecular flexibility index (Phi) is 4.78. The van der Waals surface area contributed by atoms with Gasteiger partial charge in [-0.1, -0.05) is 0 Å². The summed E-state index contributed by atoms with van der Waals surface area (Å²) < 4.78 is 0. The lowest BCUT2D eigenvalue weighted by molar-refractivity contribution is -0.133. The lowest BCUT2D eigenvalue weighted by Gasteiger charge is -2.34. The number of hydrogen-bond donors (Lipinski definition) is 1. The van der Waals surface area contributed by atoms with Crippen molar-refractivity contribution in [2.75, 3.05) is 13.1 Å². The number of thiophene rings is 1. The molecule has 100 valence electrons. The molecule has 2 unspecified atom stereocenters. The van der Waals surface area contributed by atoms with E-state index in [2.05, 4.69) is 16.8 Å². The molecule has 2 N–H and O–H groups in total. The zero-order chi connectivity index (χ0) is 13.0. The smallest absolute Gasteiger partial charge is 0.222 e. The van der Waals surface area contributed by atoms with Crippen molar-refractivity contribution in [3.63, 3.8) is 0 Å². The number of rotatable bonds is 4. The Morgan fingerprint density at radius 2 is 2.50 bits per heavy atom. The highest BCUT2D eigenvalue weighted by Gasteiger charge is 2.25. The summed E-state index contributed by atoms with van der Waals surface area (Å²) in [5.41, 5.74) is 7.22. The van der Waals surface area contributed by atoms with Crippen LogP contribution >= 0.6 is 11.3 Å². The SMILES string of the molecule is CC(N)C1CCCN(C(=O)CCc2ccsc2)C1. The summed E-state index contributed by atoms with van der Waals surface area (Å²) in [6.07, 6.45) is 3.74. The van der Waals surface area contributed by atoms with E-state index in [1.807, 2.05) is 11.8 Å². The van der Waals surface area contributed by atoms with Crippen LogP contribution in [0.2, 0.25) is 0 Å². The second-order valence-corrected chi connectivity index (χ2v) is 6.01. The highest BCUT2D eigenvalue weighted by Crippen LogP contribution is 2.20. The van der Waals surface area contributed by atoms with Gasteiger partial charge in [0.15, 0.2) is 0 Å². The van der Waals surface area contributed by atoms with Gasteiger partial charge in [-0.2, -0.15) is 11.3 Å². The fourth-order valence-corrected chi connectivity index (χ4v) is 3.21. The number of carbonyl (C=O) groups excluding carboxylic acids is 1. The first kappa shape index (κ1) is 13.6. The van der Waals surface area contributed by atoms with Crippen molar-refractivity contribution in [2.45, 2.75) is 38.6 Å². The Morgan fingerprint density at radius 1 is 1.67 bits per heavy atom. The molecule has 3 nitrogen and oxygen atoms in total. The number of aryl methyl sites for hydroxylation is 1. The zero-order valence-corrected chi connectivity index (χ0v) is 11.8. The van der Waals surface area contributed by atoms with Gasteiger partial charge in [-0.25, -0.2) is 0 Å². The zero-order valence-electron chi connectivity index (χ0n) is 11.0. The van der Waals surface area contributed by atoms with Gasteiger partial charge in [-0.15, -0.1) is 0 Å². The number of nitrogens with zero attached hydrogens (tertiary/aromatic N) is 1. The quantitative estimate of drug-likeness (QED) is 0.908. The van der Waals surface area contributed by atoms with Gasteiger partial charge in [-0.05, 0) is 54.5 Å².